The van der Waals surface area contributed by atoms with Gasteiger partial charge in [-0.3, -0.25) is 0 Å². The van der Waals surface area contributed by atoms with Crippen LogP contribution >= 0.6 is 0 Å². The third-order valence-electron chi connectivity index (χ3n) is 1.62. The van der Waals surface area contributed by atoms with Gasteiger partial charge < -0.3 is 4.74 Å². The predicted octanol–water partition coefficient (Wildman–Crippen LogP) is 1.05. The molecule has 0 saturated heterocycles. The van der Waals surface area contributed by atoms with E-state index in [1.807, 2.05) is 6.07 Å². The van der Waals surface area contributed by atoms with Crippen molar-refractivity contribution < 1.29 is 9.53 Å². The highest BCUT2D eigenvalue weighted by Gasteiger charge is 2.08. The van der Waals surface area contributed by atoms with Crippen LogP contribution in [0.5, 0.6) is 0 Å². The molecule has 13 heavy (non-hydrogen) atoms. The molecule has 1 aromatic rings. The molecule has 0 saturated carbocycles. The number of hydrogen-bond donors (Lipinski definition) is 0. The summed E-state index contributed by atoms with van der Waals surface area (Å²) in [7, 11) is 1.27. The first-order valence-corrected chi connectivity index (χ1v) is 3.64. The van der Waals surface area contributed by atoms with Crippen molar-refractivity contribution in [3.8, 4) is 6.07 Å². The fourth-order valence-electron chi connectivity index (χ4n) is 0.860. The van der Waals surface area contributed by atoms with E-state index in [0.717, 1.165) is 5.56 Å². The number of carbonyl (C=O) groups excluding carboxylic acids is 1. The van der Waals surface area contributed by atoms with Gasteiger partial charge in [-0.05, 0) is 18.6 Å². The Bertz CT molecular complexity index is 380. The van der Waals surface area contributed by atoms with Crippen LogP contribution in [0.4, 0.5) is 0 Å². The topological polar surface area (TPSA) is 63.0 Å². The summed E-state index contributed by atoms with van der Waals surface area (Å²) >= 11 is 0. The van der Waals surface area contributed by atoms with Gasteiger partial charge in [0.1, 0.15) is 5.69 Å². The van der Waals surface area contributed by atoms with E-state index < -0.39 is 5.97 Å². The normalized spacial score (nSPS) is 9.00. The van der Waals surface area contributed by atoms with Gasteiger partial charge in [0.25, 0.3) is 0 Å². The molecule has 0 aromatic carbocycles. The van der Waals surface area contributed by atoms with Gasteiger partial charge in [0.2, 0.25) is 0 Å². The summed E-state index contributed by atoms with van der Waals surface area (Å²) < 4.78 is 4.46. The molecule has 1 rings (SSSR count). The van der Waals surface area contributed by atoms with Gasteiger partial charge in [0, 0.05) is 6.20 Å². The molecule has 4 heteroatoms. The summed E-state index contributed by atoms with van der Waals surface area (Å²) in [5, 5.41) is 8.67. The van der Waals surface area contributed by atoms with Crippen molar-refractivity contribution in [3.63, 3.8) is 0 Å². The van der Waals surface area contributed by atoms with Crippen molar-refractivity contribution in [1.82, 2.24) is 4.98 Å². The van der Waals surface area contributed by atoms with Gasteiger partial charge in [-0.15, -0.1) is 0 Å². The highest BCUT2D eigenvalue weighted by molar-refractivity contribution is 5.87. The van der Waals surface area contributed by atoms with Gasteiger partial charge in [0.05, 0.1) is 18.7 Å². The van der Waals surface area contributed by atoms with E-state index >= 15 is 0 Å². The fourth-order valence-corrected chi connectivity index (χ4v) is 0.860. The number of rotatable bonds is 1. The van der Waals surface area contributed by atoms with E-state index in [9.17, 15) is 4.79 Å². The number of hydrogen-bond acceptors (Lipinski definition) is 4. The van der Waals surface area contributed by atoms with E-state index in [2.05, 4.69) is 9.72 Å². The van der Waals surface area contributed by atoms with E-state index in [-0.39, 0.29) is 5.69 Å². The lowest BCUT2D eigenvalue weighted by Gasteiger charge is -1.99. The van der Waals surface area contributed by atoms with Crippen LogP contribution < -0.4 is 0 Å². The lowest BCUT2D eigenvalue weighted by atomic mass is 10.1. The molecule has 4 nitrogen and oxygen atoms in total. The molecule has 1 heterocycles. The second-order valence-corrected chi connectivity index (χ2v) is 2.49. The Morgan fingerprint density at radius 3 is 2.92 bits per heavy atom. The third kappa shape index (κ3) is 1.82. The minimum absolute atomic E-state index is 0.157. The average Bonchev–Trinajstić information content (AvgIpc) is 2.17. The monoisotopic (exact) mass is 176 g/mol. The molecule has 0 aliphatic heterocycles. The molecule has 0 bridgehead atoms. The molecule has 0 aliphatic rings. The number of aryl methyl sites for hydroxylation is 1. The Morgan fingerprint density at radius 1 is 1.69 bits per heavy atom. The summed E-state index contributed by atoms with van der Waals surface area (Å²) in [6.07, 6.45) is 1.48. The average molecular weight is 176 g/mol. The maximum atomic E-state index is 11.0. The Kier molecular flexibility index (Phi) is 2.60. The smallest absolute Gasteiger partial charge is 0.356 e. The van der Waals surface area contributed by atoms with E-state index in [4.69, 9.17) is 5.26 Å². The molecule has 0 N–H and O–H groups in total. The molecule has 0 radical (unpaired) electrons. The predicted molar refractivity (Wildman–Crippen MR) is 45.0 cm³/mol. The van der Waals surface area contributed by atoms with E-state index in [1.165, 1.54) is 19.4 Å². The molecule has 0 atom stereocenters. The summed E-state index contributed by atoms with van der Waals surface area (Å²) in [6.45, 7) is 1.76. The first-order chi connectivity index (χ1) is 6.19. The number of nitrogens with zero attached hydrogens (tertiary/aromatic N) is 2. The van der Waals surface area contributed by atoms with Crippen molar-refractivity contribution in [2.45, 2.75) is 6.92 Å². The van der Waals surface area contributed by atoms with Crippen molar-refractivity contribution >= 4 is 5.97 Å². The van der Waals surface area contributed by atoms with Crippen molar-refractivity contribution in [2.75, 3.05) is 7.11 Å². The number of ether oxygens (including phenoxy) is 1. The molecule has 1 aromatic heterocycles. The van der Waals surface area contributed by atoms with Crippen LogP contribution in [0.25, 0.3) is 0 Å². The molecule has 0 unspecified atom stereocenters. The zero-order valence-electron chi connectivity index (χ0n) is 7.37. The van der Waals surface area contributed by atoms with Crippen LogP contribution in [0.1, 0.15) is 21.6 Å². The summed E-state index contributed by atoms with van der Waals surface area (Å²) in [6, 6.07) is 3.38. The van der Waals surface area contributed by atoms with Crippen LogP contribution in [-0.2, 0) is 4.74 Å². The first kappa shape index (κ1) is 9.20. The van der Waals surface area contributed by atoms with Gasteiger partial charge >= 0.3 is 5.97 Å². The van der Waals surface area contributed by atoms with Crippen LogP contribution in [0, 0.1) is 18.3 Å². The third-order valence-corrected chi connectivity index (χ3v) is 1.62. The maximum absolute atomic E-state index is 11.0. The van der Waals surface area contributed by atoms with Crippen LogP contribution in [-0.4, -0.2) is 18.1 Å². The molecule has 0 amide bonds. The first-order valence-electron chi connectivity index (χ1n) is 3.64. The van der Waals surface area contributed by atoms with Gasteiger partial charge in [-0.25, -0.2) is 9.78 Å². The van der Waals surface area contributed by atoms with E-state index in [0.29, 0.717) is 5.56 Å². The number of carbonyl (C=O) groups is 1. The SMILES string of the molecule is COC(=O)c1cc(C#N)c(C)cn1. The summed E-state index contributed by atoms with van der Waals surface area (Å²) in [4.78, 5) is 14.8. The summed E-state index contributed by atoms with van der Waals surface area (Å²) in [5.74, 6) is -0.531. The highest BCUT2D eigenvalue weighted by atomic mass is 16.5. The van der Waals surface area contributed by atoms with Crippen molar-refractivity contribution in [3.05, 3.63) is 29.1 Å². The minimum Gasteiger partial charge on any atom is -0.464 e. The lowest BCUT2D eigenvalue weighted by Crippen LogP contribution is -2.04. The van der Waals surface area contributed by atoms with Crippen LogP contribution in [0.15, 0.2) is 12.3 Å². The Labute approximate surface area is 75.8 Å². The number of pyridine rings is 1. The zero-order valence-corrected chi connectivity index (χ0v) is 7.37. The maximum Gasteiger partial charge on any atom is 0.356 e. The number of esters is 1. The highest BCUT2D eigenvalue weighted by Crippen LogP contribution is 2.07. The molecule has 0 spiro atoms. The molecular weight excluding hydrogens is 168 g/mol. The molecular formula is C9H8N2O2. The number of aromatic nitrogens is 1. The number of nitriles is 1. The zero-order chi connectivity index (χ0) is 9.84. The Hall–Kier alpha value is -1.89. The molecule has 0 fully saturated rings. The van der Waals surface area contributed by atoms with Gasteiger partial charge in [-0.2, -0.15) is 5.26 Å². The largest absolute Gasteiger partial charge is 0.464 e. The standard InChI is InChI=1S/C9H8N2O2/c1-6-5-11-8(9(12)13-2)3-7(6)4-10/h3,5H,1-2H3. The molecule has 0 aliphatic carbocycles. The van der Waals surface area contributed by atoms with Gasteiger partial charge in [0.15, 0.2) is 0 Å². The van der Waals surface area contributed by atoms with Crippen LogP contribution in [0.2, 0.25) is 0 Å². The number of methoxy groups -OCH3 is 1. The van der Waals surface area contributed by atoms with Crippen molar-refractivity contribution in [2.24, 2.45) is 0 Å². The Balaban J connectivity index is 3.15. The van der Waals surface area contributed by atoms with Crippen molar-refractivity contribution in [1.29, 1.82) is 5.26 Å². The van der Waals surface area contributed by atoms with Gasteiger partial charge in [-0.1, -0.05) is 0 Å². The Morgan fingerprint density at radius 2 is 2.38 bits per heavy atom. The van der Waals surface area contributed by atoms with Crippen LogP contribution in [0.3, 0.4) is 0 Å². The quantitative estimate of drug-likeness (QED) is 0.600. The fraction of sp³-hybridized carbons (Fsp3) is 0.222. The van der Waals surface area contributed by atoms with E-state index in [1.54, 1.807) is 6.92 Å². The summed E-state index contributed by atoms with van der Waals surface area (Å²) in [5.41, 5.74) is 1.34. The lowest BCUT2D eigenvalue weighted by molar-refractivity contribution is 0.0594. The minimum atomic E-state index is -0.531. The molecule has 66 valence electrons. The second-order valence-electron chi connectivity index (χ2n) is 2.49. The second kappa shape index (κ2) is 3.68.